The minimum atomic E-state index is -0.100. The van der Waals surface area contributed by atoms with E-state index in [0.717, 1.165) is 69.3 Å². The number of anilines is 1. The van der Waals surface area contributed by atoms with Gasteiger partial charge in [0.15, 0.2) is 5.82 Å². The number of aliphatic hydroxyl groups excluding tert-OH is 1. The summed E-state index contributed by atoms with van der Waals surface area (Å²) in [7, 11) is 0. The molecule has 2 fully saturated rings. The van der Waals surface area contributed by atoms with Crippen LogP contribution in [0.3, 0.4) is 0 Å². The standard InChI is InChI=1S/C29H32N6O/c36-26-9-11-32(12-10-26)16-21-8-13-33(17-21)25-6-7-27-24(14-25)19-34-18-23(22-4-2-1-3-5-22)15-28(34)29-31-30-20-35(27)29/h1-7,14-15,18,20-21,26,36H,8-13,16-17,19H2/t21-/m0/s1. The predicted molar refractivity (Wildman–Crippen MR) is 141 cm³/mol. The van der Waals surface area contributed by atoms with Crippen LogP contribution in [-0.4, -0.2) is 68.2 Å². The maximum Gasteiger partial charge on any atom is 0.185 e. The summed E-state index contributed by atoms with van der Waals surface area (Å²) in [6.45, 7) is 6.21. The lowest BCUT2D eigenvalue weighted by Gasteiger charge is -2.31. The molecule has 4 aromatic rings. The van der Waals surface area contributed by atoms with E-state index in [1.165, 1.54) is 28.8 Å². The molecule has 0 aliphatic carbocycles. The molecular formula is C29H32N6O. The number of rotatable bonds is 4. The highest BCUT2D eigenvalue weighted by molar-refractivity contribution is 5.72. The van der Waals surface area contributed by atoms with Gasteiger partial charge in [0, 0.05) is 56.7 Å². The van der Waals surface area contributed by atoms with E-state index in [2.05, 4.69) is 89.9 Å². The van der Waals surface area contributed by atoms with Gasteiger partial charge in [0.25, 0.3) is 0 Å². The summed E-state index contributed by atoms with van der Waals surface area (Å²) >= 11 is 0. The van der Waals surface area contributed by atoms with Gasteiger partial charge in [-0.05, 0) is 60.6 Å². The van der Waals surface area contributed by atoms with Crippen molar-refractivity contribution in [2.75, 3.05) is 37.6 Å². The fourth-order valence-electron chi connectivity index (χ4n) is 6.20. The van der Waals surface area contributed by atoms with Gasteiger partial charge in [-0.2, -0.15) is 0 Å². The van der Waals surface area contributed by atoms with Gasteiger partial charge in [0.2, 0.25) is 0 Å². The number of fused-ring (bicyclic) bond motifs is 5. The minimum absolute atomic E-state index is 0.100. The quantitative estimate of drug-likeness (QED) is 0.421. The van der Waals surface area contributed by atoms with Gasteiger partial charge >= 0.3 is 0 Å². The van der Waals surface area contributed by atoms with Crippen molar-refractivity contribution in [2.24, 2.45) is 5.92 Å². The van der Waals surface area contributed by atoms with E-state index >= 15 is 0 Å². The topological polar surface area (TPSA) is 62.4 Å². The molecule has 2 aromatic carbocycles. The van der Waals surface area contributed by atoms with E-state index in [1.54, 1.807) is 0 Å². The highest BCUT2D eigenvalue weighted by Gasteiger charge is 2.28. The van der Waals surface area contributed by atoms with Crippen LogP contribution >= 0.6 is 0 Å². The number of hydrogen-bond donors (Lipinski definition) is 1. The Labute approximate surface area is 211 Å². The van der Waals surface area contributed by atoms with Gasteiger partial charge in [-0.15, -0.1) is 10.2 Å². The van der Waals surface area contributed by atoms with Crippen molar-refractivity contribution in [3.05, 3.63) is 72.7 Å². The van der Waals surface area contributed by atoms with Crippen molar-refractivity contribution in [1.29, 1.82) is 0 Å². The number of aromatic nitrogens is 4. The largest absolute Gasteiger partial charge is 0.393 e. The van der Waals surface area contributed by atoms with Crippen LogP contribution in [-0.2, 0) is 6.54 Å². The van der Waals surface area contributed by atoms with E-state index in [4.69, 9.17) is 0 Å². The summed E-state index contributed by atoms with van der Waals surface area (Å²) in [6, 6.07) is 19.6. The van der Waals surface area contributed by atoms with Crippen LogP contribution in [0.25, 0.3) is 28.3 Å². The summed E-state index contributed by atoms with van der Waals surface area (Å²) in [5.74, 6) is 1.57. The monoisotopic (exact) mass is 480 g/mol. The lowest BCUT2D eigenvalue weighted by Crippen LogP contribution is -2.39. The molecule has 7 nitrogen and oxygen atoms in total. The summed E-state index contributed by atoms with van der Waals surface area (Å²) in [5.41, 5.74) is 7.26. The van der Waals surface area contributed by atoms with Crippen LogP contribution in [0, 0.1) is 5.92 Å². The molecule has 2 saturated heterocycles. The van der Waals surface area contributed by atoms with Crippen molar-refractivity contribution in [3.8, 4) is 28.3 Å². The zero-order valence-corrected chi connectivity index (χ0v) is 20.5. The Morgan fingerprint density at radius 1 is 0.917 bits per heavy atom. The highest BCUT2D eigenvalue weighted by atomic mass is 16.3. The van der Waals surface area contributed by atoms with E-state index in [0.29, 0.717) is 5.92 Å². The molecule has 7 rings (SSSR count). The lowest BCUT2D eigenvalue weighted by molar-refractivity contribution is 0.0762. The first-order valence-electron chi connectivity index (χ1n) is 13.2. The minimum Gasteiger partial charge on any atom is -0.393 e. The maximum atomic E-state index is 9.82. The average molecular weight is 481 g/mol. The molecule has 0 spiro atoms. The Bertz CT molecular complexity index is 1370. The van der Waals surface area contributed by atoms with Crippen LogP contribution in [0.15, 0.2) is 67.1 Å². The normalized spacial score (nSPS) is 20.1. The number of likely N-dealkylation sites (tertiary alicyclic amines) is 1. The zero-order valence-electron chi connectivity index (χ0n) is 20.5. The summed E-state index contributed by atoms with van der Waals surface area (Å²) in [5, 5.41) is 18.6. The average Bonchev–Trinajstić information content (AvgIpc) is 3.65. The molecule has 0 radical (unpaired) electrons. The third-order valence-electron chi connectivity index (χ3n) is 8.17. The van der Waals surface area contributed by atoms with Crippen molar-refractivity contribution in [1.82, 2.24) is 24.2 Å². The number of piperidine rings is 1. The number of nitrogens with zero attached hydrogens (tertiary/aromatic N) is 6. The first-order valence-corrected chi connectivity index (χ1v) is 13.2. The Morgan fingerprint density at radius 3 is 2.64 bits per heavy atom. The molecule has 0 bridgehead atoms. The molecule has 7 heteroatoms. The molecule has 5 heterocycles. The van der Waals surface area contributed by atoms with Crippen molar-refractivity contribution < 1.29 is 5.11 Å². The Kier molecular flexibility index (Phi) is 5.40. The number of hydrogen-bond acceptors (Lipinski definition) is 5. The number of aliphatic hydroxyl groups is 1. The van der Waals surface area contributed by atoms with Gasteiger partial charge in [-0.25, -0.2) is 0 Å². The molecule has 0 amide bonds. The number of benzene rings is 2. The fourth-order valence-corrected chi connectivity index (χ4v) is 6.20. The molecule has 184 valence electrons. The lowest BCUT2D eigenvalue weighted by atomic mass is 10.0. The molecule has 2 aromatic heterocycles. The second-order valence-corrected chi connectivity index (χ2v) is 10.6. The molecule has 1 atom stereocenters. The van der Waals surface area contributed by atoms with Crippen LogP contribution in [0.1, 0.15) is 24.8 Å². The molecule has 3 aliphatic heterocycles. The molecule has 0 unspecified atom stereocenters. The third-order valence-corrected chi connectivity index (χ3v) is 8.17. The molecule has 1 N–H and O–H groups in total. The van der Waals surface area contributed by atoms with Crippen LogP contribution in [0.4, 0.5) is 5.69 Å². The van der Waals surface area contributed by atoms with Crippen molar-refractivity contribution in [3.63, 3.8) is 0 Å². The van der Waals surface area contributed by atoms with Crippen LogP contribution < -0.4 is 4.90 Å². The van der Waals surface area contributed by atoms with Gasteiger partial charge < -0.3 is 19.5 Å². The Balaban J connectivity index is 1.15. The molecule has 36 heavy (non-hydrogen) atoms. The smallest absolute Gasteiger partial charge is 0.185 e. The van der Waals surface area contributed by atoms with Gasteiger partial charge in [0.05, 0.1) is 17.5 Å². The van der Waals surface area contributed by atoms with E-state index < -0.39 is 0 Å². The summed E-state index contributed by atoms with van der Waals surface area (Å²) < 4.78 is 4.44. The van der Waals surface area contributed by atoms with Crippen molar-refractivity contribution in [2.45, 2.75) is 31.9 Å². The van der Waals surface area contributed by atoms with E-state index in [-0.39, 0.29) is 6.10 Å². The maximum absolute atomic E-state index is 9.82. The molecule has 3 aliphatic rings. The van der Waals surface area contributed by atoms with Gasteiger partial charge in [-0.3, -0.25) is 4.57 Å². The first-order chi connectivity index (χ1) is 17.7. The van der Waals surface area contributed by atoms with Crippen LogP contribution in [0.2, 0.25) is 0 Å². The first kappa shape index (κ1) is 21.8. The second-order valence-electron chi connectivity index (χ2n) is 10.6. The van der Waals surface area contributed by atoms with Gasteiger partial charge in [-0.1, -0.05) is 30.3 Å². The Hall–Kier alpha value is -3.42. The summed E-state index contributed by atoms with van der Waals surface area (Å²) in [6.07, 6.45) is 7.04. The van der Waals surface area contributed by atoms with E-state index in [1.807, 2.05) is 6.33 Å². The SMILES string of the molecule is OC1CCN(C[C@@H]2CCN(c3ccc4c(c3)Cn3cc(-c5ccccc5)cc3-c3nncn3-4)C2)CC1. The Morgan fingerprint density at radius 2 is 1.78 bits per heavy atom. The fraction of sp³-hybridized carbons (Fsp3) is 0.379. The highest BCUT2D eigenvalue weighted by Crippen LogP contribution is 2.35. The zero-order chi connectivity index (χ0) is 24.1. The van der Waals surface area contributed by atoms with Crippen LogP contribution in [0.5, 0.6) is 0 Å². The van der Waals surface area contributed by atoms with Gasteiger partial charge in [0.1, 0.15) is 6.33 Å². The third kappa shape index (κ3) is 3.92. The van der Waals surface area contributed by atoms with E-state index in [9.17, 15) is 5.11 Å². The molecule has 0 saturated carbocycles. The predicted octanol–water partition coefficient (Wildman–Crippen LogP) is 4.05. The van der Waals surface area contributed by atoms with Crippen molar-refractivity contribution >= 4 is 5.69 Å². The summed E-state index contributed by atoms with van der Waals surface area (Å²) in [4.78, 5) is 5.09. The second kappa shape index (κ2) is 8.91. The molecular weight excluding hydrogens is 448 g/mol.